The topological polar surface area (TPSA) is 72.4 Å². The smallest absolute Gasteiger partial charge is 0.210 e. The minimum absolute atomic E-state index is 0.162. The standard InChI is InChI=1S/C33H43FN4O2.C4H9N.C2H6/c1-4-5-10-31(40-3)36-33(38-19-24-15-23-11-12-28(23)32(34)29(20-38)35-24)26-13-14-37(18-21(26)2)30-17-25(39)16-22-8-6-7-9-27(22)30;1-2-4-5-3-1;1-2/h6-10,16-17,23-24,28-29,32,35,39H,4-5,11-15,18-20H2,1-3H3;5H,1-4H2;1-2H3/b31-10-,36-33+;;. The largest absolute Gasteiger partial charge is 0.508 e. The van der Waals surface area contributed by atoms with E-state index in [1.54, 1.807) is 7.11 Å². The fraction of sp³-hybridized carbons (Fsp3) is 0.615. The lowest BCUT2D eigenvalue weighted by atomic mass is 9.69. The van der Waals surface area contributed by atoms with Gasteiger partial charge in [-0.05, 0) is 105 Å². The van der Waals surface area contributed by atoms with Gasteiger partial charge in [0.2, 0.25) is 5.88 Å². The molecule has 2 aromatic rings. The summed E-state index contributed by atoms with van der Waals surface area (Å²) in [5.41, 5.74) is 3.54. The Morgan fingerprint density at radius 2 is 1.91 bits per heavy atom. The molecule has 0 amide bonds. The lowest BCUT2D eigenvalue weighted by Gasteiger charge is -2.42. The van der Waals surface area contributed by atoms with Gasteiger partial charge in [-0.25, -0.2) is 4.39 Å². The average molecular weight is 648 g/mol. The molecule has 4 heterocycles. The fourth-order valence-electron chi connectivity index (χ4n) is 7.93. The molecule has 0 spiro atoms. The third-order valence-corrected chi connectivity index (χ3v) is 10.5. The highest BCUT2D eigenvalue weighted by Crippen LogP contribution is 2.45. The highest BCUT2D eigenvalue weighted by atomic mass is 19.1. The van der Waals surface area contributed by atoms with Crippen LogP contribution in [-0.4, -0.2) is 80.5 Å². The number of hydrogen-bond donors (Lipinski definition) is 3. The number of aromatic hydroxyl groups is 1. The molecule has 2 bridgehead atoms. The molecule has 7 rings (SSSR count). The van der Waals surface area contributed by atoms with E-state index in [1.807, 2.05) is 38.1 Å². The third-order valence-electron chi connectivity index (χ3n) is 10.5. The van der Waals surface area contributed by atoms with E-state index < -0.39 is 6.17 Å². The van der Waals surface area contributed by atoms with Crippen LogP contribution in [0.25, 0.3) is 10.8 Å². The van der Waals surface area contributed by atoms with Crippen LogP contribution in [0.4, 0.5) is 10.1 Å². The van der Waals surface area contributed by atoms with Crippen LogP contribution in [0.5, 0.6) is 5.75 Å². The van der Waals surface area contributed by atoms with Crippen molar-refractivity contribution in [3.05, 3.63) is 59.5 Å². The third kappa shape index (κ3) is 8.32. The van der Waals surface area contributed by atoms with Gasteiger partial charge in [0.25, 0.3) is 0 Å². The fourth-order valence-corrected chi connectivity index (χ4v) is 7.93. The van der Waals surface area contributed by atoms with Crippen molar-refractivity contribution in [2.45, 2.75) is 97.3 Å². The highest BCUT2D eigenvalue weighted by Gasteiger charge is 2.48. The normalized spacial score (nSPS) is 27.6. The van der Waals surface area contributed by atoms with E-state index in [-0.39, 0.29) is 23.8 Å². The van der Waals surface area contributed by atoms with Gasteiger partial charge in [-0.15, -0.1) is 0 Å². The Bertz CT molecular complexity index is 1410. The second kappa shape index (κ2) is 16.8. The van der Waals surface area contributed by atoms with Gasteiger partial charge in [-0.3, -0.25) is 0 Å². The summed E-state index contributed by atoms with van der Waals surface area (Å²) in [5, 5.41) is 19.5. The number of anilines is 1. The maximum Gasteiger partial charge on any atom is 0.210 e. The number of fused-ring (bicyclic) bond motifs is 4. The van der Waals surface area contributed by atoms with E-state index in [2.05, 4.69) is 52.5 Å². The molecule has 8 heteroatoms. The summed E-state index contributed by atoms with van der Waals surface area (Å²) in [6.45, 7) is 13.9. The van der Waals surface area contributed by atoms with Crippen LogP contribution in [0.15, 0.2) is 64.5 Å². The first-order valence-corrected chi connectivity index (χ1v) is 18.3. The van der Waals surface area contributed by atoms with Crippen LogP contribution in [0.3, 0.4) is 0 Å². The number of nitrogens with one attached hydrogen (secondary N) is 2. The average Bonchev–Trinajstić information content (AvgIpc) is 3.67. The summed E-state index contributed by atoms with van der Waals surface area (Å²) in [6, 6.07) is 12.0. The van der Waals surface area contributed by atoms with Crippen molar-refractivity contribution in [1.29, 1.82) is 0 Å². The Labute approximate surface area is 282 Å². The number of methoxy groups -OCH3 is 1. The first kappa shape index (κ1) is 35.2. The molecule has 0 aromatic heterocycles. The van der Waals surface area contributed by atoms with Gasteiger partial charge in [0.15, 0.2) is 0 Å². The number of phenolic OH excluding ortho intramolecular Hbond substituents is 1. The molecule has 4 fully saturated rings. The first-order valence-electron chi connectivity index (χ1n) is 18.3. The molecule has 3 saturated heterocycles. The molecule has 5 aliphatic rings. The van der Waals surface area contributed by atoms with Crippen LogP contribution >= 0.6 is 0 Å². The molecule has 5 unspecified atom stereocenters. The predicted molar refractivity (Wildman–Crippen MR) is 194 cm³/mol. The van der Waals surface area contributed by atoms with Gasteiger partial charge >= 0.3 is 0 Å². The summed E-state index contributed by atoms with van der Waals surface area (Å²) in [5.74, 6) is 2.59. The summed E-state index contributed by atoms with van der Waals surface area (Å²) in [7, 11) is 1.69. The van der Waals surface area contributed by atoms with E-state index in [1.165, 1.54) is 37.1 Å². The molecule has 7 nitrogen and oxygen atoms in total. The highest BCUT2D eigenvalue weighted by molar-refractivity contribution is 6.01. The monoisotopic (exact) mass is 647 g/mol. The van der Waals surface area contributed by atoms with Crippen LogP contribution in [-0.2, 0) is 4.74 Å². The Kier molecular flexibility index (Phi) is 12.6. The van der Waals surface area contributed by atoms with Gasteiger partial charge in [0, 0.05) is 49.4 Å². The summed E-state index contributed by atoms with van der Waals surface area (Å²) < 4.78 is 21.4. The molecule has 5 atom stereocenters. The van der Waals surface area contributed by atoms with Crippen molar-refractivity contribution in [2.75, 3.05) is 51.3 Å². The van der Waals surface area contributed by atoms with E-state index in [9.17, 15) is 5.11 Å². The minimum atomic E-state index is -0.804. The number of allylic oxidation sites excluding steroid dienone is 1. The number of benzene rings is 2. The zero-order valence-electron chi connectivity index (χ0n) is 29.4. The van der Waals surface area contributed by atoms with E-state index in [0.29, 0.717) is 18.3 Å². The number of nitrogens with zero attached hydrogens (tertiary/aromatic N) is 3. The number of halogens is 1. The predicted octanol–water partition coefficient (Wildman–Crippen LogP) is 7.56. The molecule has 1 saturated carbocycles. The summed E-state index contributed by atoms with van der Waals surface area (Å²) in [6.07, 6.45) is 10.0. The number of piperazine rings is 1. The Morgan fingerprint density at radius 3 is 2.57 bits per heavy atom. The Hall–Kier alpha value is -3.10. The number of aliphatic imine (C=N–C) groups is 1. The number of unbranched alkanes of at least 4 members (excludes halogenated alkanes) is 1. The zero-order chi connectivity index (χ0) is 33.3. The van der Waals surface area contributed by atoms with Gasteiger partial charge in [0.05, 0.1) is 13.2 Å². The van der Waals surface area contributed by atoms with Crippen molar-refractivity contribution in [3.63, 3.8) is 0 Å². The van der Waals surface area contributed by atoms with Crippen LogP contribution in [0.2, 0.25) is 0 Å². The van der Waals surface area contributed by atoms with Crippen molar-refractivity contribution in [3.8, 4) is 5.75 Å². The summed E-state index contributed by atoms with van der Waals surface area (Å²) in [4.78, 5) is 9.85. The zero-order valence-corrected chi connectivity index (χ0v) is 29.4. The molecule has 4 aliphatic heterocycles. The van der Waals surface area contributed by atoms with Crippen molar-refractivity contribution in [2.24, 2.45) is 16.8 Å². The molecule has 47 heavy (non-hydrogen) atoms. The van der Waals surface area contributed by atoms with Crippen LogP contribution in [0.1, 0.15) is 79.1 Å². The maximum absolute atomic E-state index is 15.7. The molecular weight excluding hydrogens is 589 g/mol. The lowest BCUT2D eigenvalue weighted by Crippen LogP contribution is -2.60. The van der Waals surface area contributed by atoms with Gasteiger partial charge in [0.1, 0.15) is 17.8 Å². The molecule has 2 aromatic carbocycles. The first-order chi connectivity index (χ1) is 22.9. The van der Waals surface area contributed by atoms with Crippen molar-refractivity contribution >= 4 is 22.3 Å². The molecule has 0 radical (unpaired) electrons. The van der Waals surface area contributed by atoms with Crippen molar-refractivity contribution < 1.29 is 14.2 Å². The number of ether oxygens (including phenoxy) is 1. The van der Waals surface area contributed by atoms with Crippen molar-refractivity contribution in [1.82, 2.24) is 15.5 Å². The molecule has 258 valence electrons. The molecule has 1 aliphatic carbocycles. The van der Waals surface area contributed by atoms with Gasteiger partial charge in [-0.1, -0.05) is 51.5 Å². The quantitative estimate of drug-likeness (QED) is 0.171. The van der Waals surface area contributed by atoms with E-state index in [4.69, 9.17) is 9.73 Å². The Balaban J connectivity index is 0.000000558. The molecule has 3 N–H and O–H groups in total. The van der Waals surface area contributed by atoms with Gasteiger partial charge in [-0.2, -0.15) is 4.99 Å². The maximum atomic E-state index is 15.7. The second-order valence-electron chi connectivity index (χ2n) is 13.6. The second-order valence-corrected chi connectivity index (χ2v) is 13.6. The summed E-state index contributed by atoms with van der Waals surface area (Å²) >= 11 is 0. The lowest BCUT2D eigenvalue weighted by molar-refractivity contribution is 0.0617. The SMILES string of the molecule is C1CCNC1.CC.CCC/C=C(/N=C(\C1=C(C)CN(c2cc(O)cc3ccccc23)CC1)N1CC2CC3CCC3C(F)C(C1)N2)OC. The van der Waals surface area contributed by atoms with E-state index in [0.717, 1.165) is 80.5 Å². The van der Waals surface area contributed by atoms with Gasteiger partial charge < -0.3 is 30.3 Å². The Morgan fingerprint density at radius 1 is 1.13 bits per heavy atom. The van der Waals surface area contributed by atoms with E-state index >= 15 is 4.39 Å². The van der Waals surface area contributed by atoms with Crippen LogP contribution < -0.4 is 15.5 Å². The number of hydrogen-bond acceptors (Lipinski definition) is 6. The number of phenols is 1. The number of amidine groups is 1. The number of rotatable bonds is 6. The van der Waals surface area contributed by atoms with Crippen LogP contribution in [0, 0.1) is 11.8 Å². The minimum Gasteiger partial charge on any atom is -0.508 e. The molecular formula is C39H58FN5O2. The number of alkyl halides is 1.